The second kappa shape index (κ2) is 10.7. The van der Waals surface area contributed by atoms with Crippen LogP contribution in [0.1, 0.15) is 48.7 Å². The Hall–Kier alpha value is -3.12. The summed E-state index contributed by atoms with van der Waals surface area (Å²) in [4.78, 5) is 15.7. The van der Waals surface area contributed by atoms with Gasteiger partial charge in [0.25, 0.3) is 5.91 Å². The molecule has 174 valence electrons. The van der Waals surface area contributed by atoms with Gasteiger partial charge < -0.3 is 15.0 Å². The highest BCUT2D eigenvalue weighted by Gasteiger charge is 2.19. The van der Waals surface area contributed by atoms with Gasteiger partial charge >= 0.3 is 0 Å². The first-order valence-corrected chi connectivity index (χ1v) is 11.9. The zero-order valence-electron chi connectivity index (χ0n) is 19.9. The molecule has 3 aromatic rings. The fourth-order valence-corrected chi connectivity index (χ4v) is 4.41. The van der Waals surface area contributed by atoms with E-state index >= 15 is 0 Å². The van der Waals surface area contributed by atoms with Gasteiger partial charge in [-0.2, -0.15) is 5.10 Å². The molecule has 6 nitrogen and oxygen atoms in total. The van der Waals surface area contributed by atoms with Gasteiger partial charge in [-0.1, -0.05) is 36.2 Å². The van der Waals surface area contributed by atoms with Crippen LogP contribution in [0, 0.1) is 6.92 Å². The molecule has 2 heterocycles. The van der Waals surface area contributed by atoms with Crippen LogP contribution < -0.4 is 10.1 Å². The second-order valence-electron chi connectivity index (χ2n) is 8.88. The Labute approximate surface area is 196 Å². The van der Waals surface area contributed by atoms with Crippen LogP contribution in [0.4, 0.5) is 0 Å². The average molecular weight is 447 g/mol. The summed E-state index contributed by atoms with van der Waals surface area (Å²) in [5, 5.41) is 7.89. The van der Waals surface area contributed by atoms with Gasteiger partial charge in [0.05, 0.1) is 18.5 Å². The van der Waals surface area contributed by atoms with Crippen LogP contribution in [0.3, 0.4) is 0 Å². The molecule has 0 bridgehead atoms. The normalized spacial score (nSPS) is 16.5. The van der Waals surface area contributed by atoms with Crippen LogP contribution >= 0.6 is 0 Å². The number of amides is 1. The van der Waals surface area contributed by atoms with E-state index in [2.05, 4.69) is 17.1 Å². The van der Waals surface area contributed by atoms with Gasteiger partial charge in [-0.05, 0) is 70.0 Å². The lowest BCUT2D eigenvalue weighted by molar-refractivity contribution is 0.0941. The Kier molecular flexibility index (Phi) is 7.45. The number of carbonyl (C=O) groups excluding carboxylic acids is 1. The van der Waals surface area contributed by atoms with Crippen LogP contribution in [0.5, 0.6) is 5.75 Å². The van der Waals surface area contributed by atoms with E-state index in [1.807, 2.05) is 61.5 Å². The number of hydrogen-bond acceptors (Lipinski definition) is 4. The molecule has 0 saturated carbocycles. The summed E-state index contributed by atoms with van der Waals surface area (Å²) < 4.78 is 7.10. The van der Waals surface area contributed by atoms with Gasteiger partial charge in [-0.15, -0.1) is 0 Å². The minimum absolute atomic E-state index is 0.107. The van der Waals surface area contributed by atoms with Crippen molar-refractivity contribution in [2.45, 2.75) is 45.6 Å². The Balaban J connectivity index is 1.51. The number of rotatable bonds is 8. The van der Waals surface area contributed by atoms with E-state index in [0.717, 1.165) is 41.2 Å². The highest BCUT2D eigenvalue weighted by atomic mass is 16.5. The maximum Gasteiger partial charge on any atom is 0.270 e. The van der Waals surface area contributed by atoms with E-state index < -0.39 is 0 Å². The van der Waals surface area contributed by atoms with Crippen molar-refractivity contribution >= 4 is 5.91 Å². The summed E-state index contributed by atoms with van der Waals surface area (Å²) in [7, 11) is 1.65. The summed E-state index contributed by atoms with van der Waals surface area (Å²) in [5.41, 5.74) is 4.21. The number of piperidine rings is 1. The van der Waals surface area contributed by atoms with Crippen LogP contribution in [0.25, 0.3) is 16.9 Å². The molecule has 6 heteroatoms. The maximum absolute atomic E-state index is 13.2. The Morgan fingerprint density at radius 1 is 1.15 bits per heavy atom. The number of ether oxygens (including phenoxy) is 1. The standard InChI is InChI=1S/C27H34N4O2/c1-20-11-13-23(14-12-20)31-26(19-25(29-31)22-9-6-10-24(18-22)33-3)27(32)28-15-7-17-30-16-5-4-8-21(30)2/h6,9-14,18-19,21H,4-5,7-8,15-17H2,1-3H3,(H,28,32). The third-order valence-corrected chi connectivity index (χ3v) is 6.43. The van der Waals surface area contributed by atoms with Gasteiger partial charge in [-0.3, -0.25) is 4.79 Å². The quantitative estimate of drug-likeness (QED) is 0.503. The number of nitrogens with one attached hydrogen (secondary N) is 1. The van der Waals surface area contributed by atoms with Crippen LogP contribution in [0.15, 0.2) is 54.6 Å². The Bertz CT molecular complexity index is 1070. The van der Waals surface area contributed by atoms with Gasteiger partial charge in [0.2, 0.25) is 0 Å². The number of hydrogen-bond donors (Lipinski definition) is 1. The smallest absolute Gasteiger partial charge is 0.270 e. The molecule has 0 spiro atoms. The van der Waals surface area contributed by atoms with Crippen molar-refractivity contribution in [3.63, 3.8) is 0 Å². The third-order valence-electron chi connectivity index (χ3n) is 6.43. The summed E-state index contributed by atoms with van der Waals surface area (Å²) in [6, 6.07) is 18.3. The highest BCUT2D eigenvalue weighted by molar-refractivity contribution is 5.94. The first-order valence-electron chi connectivity index (χ1n) is 11.9. The molecule has 1 aliphatic heterocycles. The molecular weight excluding hydrogens is 412 g/mol. The van der Waals surface area contributed by atoms with Crippen molar-refractivity contribution < 1.29 is 9.53 Å². The highest BCUT2D eigenvalue weighted by Crippen LogP contribution is 2.25. The van der Waals surface area contributed by atoms with Crippen molar-refractivity contribution in [3.8, 4) is 22.7 Å². The minimum atomic E-state index is -0.107. The Morgan fingerprint density at radius 3 is 2.73 bits per heavy atom. The molecule has 1 aliphatic rings. The number of nitrogens with zero attached hydrogens (tertiary/aromatic N) is 3. The molecular formula is C27H34N4O2. The average Bonchev–Trinajstić information content (AvgIpc) is 3.29. The number of likely N-dealkylation sites (tertiary alicyclic amines) is 1. The molecule has 0 radical (unpaired) electrons. The van der Waals surface area contributed by atoms with Crippen molar-refractivity contribution in [3.05, 3.63) is 65.9 Å². The lowest BCUT2D eigenvalue weighted by Crippen LogP contribution is -2.39. The molecule has 1 fully saturated rings. The molecule has 0 aliphatic carbocycles. The summed E-state index contributed by atoms with van der Waals surface area (Å²) in [5.74, 6) is 0.652. The number of benzene rings is 2. The van der Waals surface area contributed by atoms with E-state index in [1.165, 1.54) is 25.8 Å². The van der Waals surface area contributed by atoms with E-state index in [0.29, 0.717) is 18.3 Å². The van der Waals surface area contributed by atoms with Crippen LogP contribution in [0.2, 0.25) is 0 Å². The predicted octanol–water partition coefficient (Wildman–Crippen LogP) is 4.85. The van der Waals surface area contributed by atoms with Crippen molar-refractivity contribution in [1.29, 1.82) is 0 Å². The fraction of sp³-hybridized carbons (Fsp3) is 0.407. The Morgan fingerprint density at radius 2 is 1.97 bits per heavy atom. The lowest BCUT2D eigenvalue weighted by atomic mass is 10.0. The molecule has 1 amide bonds. The number of methoxy groups -OCH3 is 1. The summed E-state index contributed by atoms with van der Waals surface area (Å²) >= 11 is 0. The number of carbonyl (C=O) groups is 1. The molecule has 4 rings (SSSR count). The van der Waals surface area contributed by atoms with Crippen LogP contribution in [-0.4, -0.2) is 53.4 Å². The van der Waals surface area contributed by atoms with Crippen molar-refractivity contribution in [2.24, 2.45) is 0 Å². The first-order chi connectivity index (χ1) is 16.0. The third kappa shape index (κ3) is 5.63. The number of aryl methyl sites for hydroxylation is 1. The maximum atomic E-state index is 13.2. The van der Waals surface area contributed by atoms with Gasteiger partial charge in [0, 0.05) is 24.7 Å². The van der Waals surface area contributed by atoms with Crippen LogP contribution in [-0.2, 0) is 0 Å². The molecule has 1 atom stereocenters. The molecule has 33 heavy (non-hydrogen) atoms. The zero-order valence-corrected chi connectivity index (χ0v) is 19.9. The minimum Gasteiger partial charge on any atom is -0.497 e. The lowest BCUT2D eigenvalue weighted by Gasteiger charge is -2.33. The molecule has 1 saturated heterocycles. The van der Waals surface area contributed by atoms with E-state index in [1.54, 1.807) is 11.8 Å². The van der Waals surface area contributed by atoms with Gasteiger partial charge in [0.1, 0.15) is 11.4 Å². The largest absolute Gasteiger partial charge is 0.497 e. The predicted molar refractivity (Wildman–Crippen MR) is 132 cm³/mol. The van der Waals surface area contributed by atoms with Gasteiger partial charge in [0.15, 0.2) is 0 Å². The first kappa shape index (κ1) is 23.1. The zero-order chi connectivity index (χ0) is 23.2. The van der Waals surface area contributed by atoms with E-state index in [-0.39, 0.29) is 5.91 Å². The summed E-state index contributed by atoms with van der Waals surface area (Å²) in [6.45, 7) is 7.19. The number of aromatic nitrogens is 2. The molecule has 2 aromatic carbocycles. The van der Waals surface area contributed by atoms with Gasteiger partial charge in [-0.25, -0.2) is 4.68 Å². The molecule has 1 unspecified atom stereocenters. The monoisotopic (exact) mass is 446 g/mol. The molecule has 1 aromatic heterocycles. The fourth-order valence-electron chi connectivity index (χ4n) is 4.41. The second-order valence-corrected chi connectivity index (χ2v) is 8.88. The van der Waals surface area contributed by atoms with Crippen molar-refractivity contribution in [1.82, 2.24) is 20.0 Å². The SMILES string of the molecule is COc1cccc(-c2cc(C(=O)NCCCN3CCCCC3C)n(-c3ccc(C)cc3)n2)c1. The molecule has 1 N–H and O–H groups in total. The summed E-state index contributed by atoms with van der Waals surface area (Å²) in [6.07, 6.45) is 4.82. The van der Waals surface area contributed by atoms with E-state index in [9.17, 15) is 4.79 Å². The van der Waals surface area contributed by atoms with Crippen molar-refractivity contribution in [2.75, 3.05) is 26.7 Å². The van der Waals surface area contributed by atoms with E-state index in [4.69, 9.17) is 9.84 Å². The topological polar surface area (TPSA) is 59.4 Å².